The molecular formula is C19H15NO3. The van der Waals surface area contributed by atoms with E-state index in [4.69, 9.17) is 4.42 Å². The van der Waals surface area contributed by atoms with Crippen molar-refractivity contribution in [1.82, 2.24) is 4.98 Å². The van der Waals surface area contributed by atoms with E-state index in [0.717, 1.165) is 22.0 Å². The van der Waals surface area contributed by atoms with Crippen molar-refractivity contribution in [1.29, 1.82) is 0 Å². The number of aryl methyl sites for hydroxylation is 2. The van der Waals surface area contributed by atoms with Crippen LogP contribution in [0, 0.1) is 13.8 Å². The van der Waals surface area contributed by atoms with Gasteiger partial charge in [-0.3, -0.25) is 4.79 Å². The number of hydrogen-bond acceptors (Lipinski definition) is 3. The summed E-state index contributed by atoms with van der Waals surface area (Å²) in [4.78, 5) is 15.7. The predicted molar refractivity (Wildman–Crippen MR) is 90.9 cm³/mol. The van der Waals surface area contributed by atoms with Crippen LogP contribution >= 0.6 is 0 Å². The first kappa shape index (κ1) is 13.6. The zero-order valence-electron chi connectivity index (χ0n) is 12.8. The fourth-order valence-corrected chi connectivity index (χ4v) is 3.08. The first-order chi connectivity index (χ1) is 11.1. The molecular weight excluding hydrogens is 290 g/mol. The lowest BCUT2D eigenvalue weighted by molar-refractivity contribution is 0.449. The Morgan fingerprint density at radius 1 is 1.09 bits per heavy atom. The molecule has 0 spiro atoms. The first-order valence-corrected chi connectivity index (χ1v) is 7.40. The van der Waals surface area contributed by atoms with Crippen molar-refractivity contribution in [3.05, 3.63) is 63.9 Å². The van der Waals surface area contributed by atoms with E-state index in [1.807, 2.05) is 44.2 Å². The molecule has 0 radical (unpaired) electrons. The zero-order valence-corrected chi connectivity index (χ0v) is 12.8. The summed E-state index contributed by atoms with van der Waals surface area (Å²) in [6.45, 7) is 3.81. The minimum atomic E-state index is -0.404. The summed E-state index contributed by atoms with van der Waals surface area (Å²) >= 11 is 0. The van der Waals surface area contributed by atoms with Gasteiger partial charge in [-0.25, -0.2) is 0 Å². The molecule has 2 heterocycles. The monoisotopic (exact) mass is 305 g/mol. The second-order valence-corrected chi connectivity index (χ2v) is 5.82. The molecule has 0 fully saturated rings. The molecule has 4 nitrogen and oxygen atoms in total. The third-order valence-corrected chi connectivity index (χ3v) is 4.13. The SMILES string of the molecule is Cc1cc(C)c2oc(-c3c[nH]c4ccccc34)c(O)c(=O)c2c1. The second-order valence-electron chi connectivity index (χ2n) is 5.82. The fourth-order valence-electron chi connectivity index (χ4n) is 3.08. The maximum atomic E-state index is 12.6. The van der Waals surface area contributed by atoms with E-state index >= 15 is 0 Å². The predicted octanol–water partition coefficient (Wildman–Crippen LogP) is 4.26. The van der Waals surface area contributed by atoms with Gasteiger partial charge in [0.15, 0.2) is 5.76 Å². The molecule has 23 heavy (non-hydrogen) atoms. The van der Waals surface area contributed by atoms with E-state index in [-0.39, 0.29) is 11.5 Å². The van der Waals surface area contributed by atoms with Gasteiger partial charge < -0.3 is 14.5 Å². The largest absolute Gasteiger partial charge is 0.502 e. The summed E-state index contributed by atoms with van der Waals surface area (Å²) < 4.78 is 5.94. The van der Waals surface area contributed by atoms with E-state index < -0.39 is 5.43 Å². The average molecular weight is 305 g/mol. The molecule has 114 valence electrons. The molecule has 4 aromatic rings. The average Bonchev–Trinajstić information content (AvgIpc) is 2.95. The number of H-pyrrole nitrogens is 1. The number of nitrogens with one attached hydrogen (secondary N) is 1. The maximum Gasteiger partial charge on any atom is 0.235 e. The van der Waals surface area contributed by atoms with E-state index in [0.29, 0.717) is 16.5 Å². The van der Waals surface area contributed by atoms with E-state index in [1.54, 1.807) is 12.3 Å². The van der Waals surface area contributed by atoms with Gasteiger partial charge in [0.25, 0.3) is 0 Å². The maximum absolute atomic E-state index is 12.6. The smallest absolute Gasteiger partial charge is 0.235 e. The number of aromatic nitrogens is 1. The molecule has 4 heteroatoms. The van der Waals surface area contributed by atoms with Crippen LogP contribution in [0.2, 0.25) is 0 Å². The van der Waals surface area contributed by atoms with E-state index in [9.17, 15) is 9.90 Å². The molecule has 2 aromatic carbocycles. The normalized spacial score (nSPS) is 11.4. The van der Waals surface area contributed by atoms with E-state index in [2.05, 4.69) is 4.98 Å². The van der Waals surface area contributed by atoms with Crippen molar-refractivity contribution in [3.8, 4) is 17.1 Å². The third kappa shape index (κ3) is 1.95. The number of hydrogen-bond donors (Lipinski definition) is 2. The van der Waals surface area contributed by atoms with Gasteiger partial charge in [-0.15, -0.1) is 0 Å². The molecule has 0 aliphatic rings. The molecule has 0 aliphatic heterocycles. The molecule has 0 unspecified atom stereocenters. The van der Waals surface area contributed by atoms with Crippen LogP contribution in [0.5, 0.6) is 5.75 Å². The Labute approximate surface area is 132 Å². The topological polar surface area (TPSA) is 66.2 Å². The van der Waals surface area contributed by atoms with Crippen molar-refractivity contribution in [2.75, 3.05) is 0 Å². The Bertz CT molecular complexity index is 1120. The fraction of sp³-hybridized carbons (Fsp3) is 0.105. The van der Waals surface area contributed by atoms with Crippen molar-refractivity contribution < 1.29 is 9.52 Å². The van der Waals surface area contributed by atoms with Gasteiger partial charge >= 0.3 is 0 Å². The number of para-hydroxylation sites is 1. The number of rotatable bonds is 1. The lowest BCUT2D eigenvalue weighted by Crippen LogP contribution is -2.03. The van der Waals surface area contributed by atoms with Gasteiger partial charge in [0, 0.05) is 22.7 Å². The van der Waals surface area contributed by atoms with Gasteiger partial charge in [-0.2, -0.15) is 0 Å². The Morgan fingerprint density at radius 2 is 1.87 bits per heavy atom. The van der Waals surface area contributed by atoms with Crippen molar-refractivity contribution in [3.63, 3.8) is 0 Å². The van der Waals surface area contributed by atoms with Crippen LogP contribution in [0.15, 0.2) is 51.8 Å². The number of aromatic hydroxyl groups is 1. The molecule has 0 amide bonds. The minimum absolute atomic E-state index is 0.201. The quantitative estimate of drug-likeness (QED) is 0.552. The van der Waals surface area contributed by atoms with Crippen molar-refractivity contribution in [2.45, 2.75) is 13.8 Å². The highest BCUT2D eigenvalue weighted by atomic mass is 16.4. The molecule has 0 saturated heterocycles. The van der Waals surface area contributed by atoms with Crippen LogP contribution in [0.3, 0.4) is 0 Å². The van der Waals surface area contributed by atoms with Crippen LogP contribution in [0.1, 0.15) is 11.1 Å². The van der Waals surface area contributed by atoms with Crippen LogP contribution < -0.4 is 5.43 Å². The van der Waals surface area contributed by atoms with Crippen molar-refractivity contribution >= 4 is 21.9 Å². The summed E-state index contributed by atoms with van der Waals surface area (Å²) in [5.41, 5.74) is 3.54. The second kappa shape index (κ2) is 4.74. The van der Waals surface area contributed by atoms with Gasteiger partial charge in [0.05, 0.1) is 5.39 Å². The van der Waals surface area contributed by atoms with Crippen molar-refractivity contribution in [2.24, 2.45) is 0 Å². The number of aromatic amines is 1. The minimum Gasteiger partial charge on any atom is -0.502 e. The van der Waals surface area contributed by atoms with Gasteiger partial charge in [0.1, 0.15) is 5.58 Å². The standard InChI is InChI=1S/C19H15NO3/c1-10-7-11(2)18-13(8-10)16(21)17(22)19(23-18)14-9-20-15-6-4-3-5-12(14)15/h3-9,20,22H,1-2H3. The highest BCUT2D eigenvalue weighted by molar-refractivity contribution is 5.96. The number of fused-ring (bicyclic) bond motifs is 2. The lowest BCUT2D eigenvalue weighted by Gasteiger charge is -2.08. The highest BCUT2D eigenvalue weighted by Crippen LogP contribution is 2.35. The molecule has 0 atom stereocenters. The summed E-state index contributed by atoms with van der Waals surface area (Å²) in [6.07, 6.45) is 1.75. The van der Waals surface area contributed by atoms with Gasteiger partial charge in [0.2, 0.25) is 11.2 Å². The number of benzene rings is 2. The Hall–Kier alpha value is -3.01. The zero-order chi connectivity index (χ0) is 16.1. The van der Waals surface area contributed by atoms with Crippen LogP contribution in [-0.2, 0) is 0 Å². The lowest BCUT2D eigenvalue weighted by atomic mass is 10.1. The molecule has 0 aliphatic carbocycles. The molecule has 0 saturated carbocycles. The summed E-state index contributed by atoms with van der Waals surface area (Å²) in [5.74, 6) is -0.154. The third-order valence-electron chi connectivity index (χ3n) is 4.13. The Balaban J connectivity index is 2.12. The van der Waals surface area contributed by atoms with Gasteiger partial charge in [-0.05, 0) is 37.1 Å². The Morgan fingerprint density at radius 3 is 2.70 bits per heavy atom. The summed E-state index contributed by atoms with van der Waals surface area (Å²) in [6, 6.07) is 11.4. The summed E-state index contributed by atoms with van der Waals surface area (Å²) in [7, 11) is 0. The Kier molecular flexibility index (Phi) is 2.81. The van der Waals surface area contributed by atoms with Crippen LogP contribution in [0.25, 0.3) is 33.2 Å². The highest BCUT2D eigenvalue weighted by Gasteiger charge is 2.19. The van der Waals surface area contributed by atoms with Crippen LogP contribution in [-0.4, -0.2) is 10.1 Å². The van der Waals surface area contributed by atoms with E-state index in [1.165, 1.54) is 0 Å². The molecule has 0 bridgehead atoms. The van der Waals surface area contributed by atoms with Gasteiger partial charge in [-0.1, -0.05) is 24.3 Å². The first-order valence-electron chi connectivity index (χ1n) is 7.40. The molecule has 4 rings (SSSR count). The summed E-state index contributed by atoms with van der Waals surface area (Å²) in [5, 5.41) is 11.7. The van der Waals surface area contributed by atoms with Crippen LogP contribution in [0.4, 0.5) is 0 Å². The molecule has 2 aromatic heterocycles. The molecule has 2 N–H and O–H groups in total.